The van der Waals surface area contributed by atoms with Crippen molar-refractivity contribution in [3.8, 4) is 5.75 Å². The molecular formula is C24H22N2O5. The van der Waals surface area contributed by atoms with E-state index < -0.39 is 23.5 Å². The highest BCUT2D eigenvalue weighted by atomic mass is 16.5. The van der Waals surface area contributed by atoms with Crippen LogP contribution in [0.25, 0.3) is 0 Å². The van der Waals surface area contributed by atoms with Gasteiger partial charge in [0.2, 0.25) is 5.78 Å². The van der Waals surface area contributed by atoms with Crippen molar-refractivity contribution in [2.45, 2.75) is 26.4 Å². The van der Waals surface area contributed by atoms with E-state index in [0.29, 0.717) is 23.7 Å². The Kier molecular flexibility index (Phi) is 5.58. The van der Waals surface area contributed by atoms with Crippen molar-refractivity contribution < 1.29 is 23.8 Å². The van der Waals surface area contributed by atoms with Gasteiger partial charge in [0, 0.05) is 18.9 Å². The number of carbonyl (C=O) groups is 2. The van der Waals surface area contributed by atoms with E-state index in [1.54, 1.807) is 61.8 Å². The van der Waals surface area contributed by atoms with E-state index in [1.807, 2.05) is 13.0 Å². The lowest BCUT2D eigenvalue weighted by Crippen LogP contribution is -2.30. The van der Waals surface area contributed by atoms with Crippen molar-refractivity contribution in [3.63, 3.8) is 0 Å². The van der Waals surface area contributed by atoms with E-state index in [1.165, 1.54) is 4.90 Å². The van der Waals surface area contributed by atoms with Crippen molar-refractivity contribution in [1.82, 2.24) is 9.88 Å². The first-order valence-electron chi connectivity index (χ1n) is 9.96. The SMILES string of the molecule is CCOc1ccc([C@@H]2C(C(=O)c3ccc(C)o3)=C(O)C(=O)N2Cc2cccnc2)cc1. The summed E-state index contributed by atoms with van der Waals surface area (Å²) in [4.78, 5) is 31.8. The smallest absolute Gasteiger partial charge is 0.290 e. The Bertz CT molecular complexity index is 1130. The number of carbonyl (C=O) groups excluding carboxylic acids is 2. The van der Waals surface area contributed by atoms with Gasteiger partial charge in [-0.2, -0.15) is 0 Å². The van der Waals surface area contributed by atoms with Gasteiger partial charge in [-0.05, 0) is 55.3 Å². The normalized spacial score (nSPS) is 16.1. The Morgan fingerprint density at radius 3 is 2.58 bits per heavy atom. The van der Waals surface area contributed by atoms with Crippen molar-refractivity contribution in [3.05, 3.63) is 94.9 Å². The second-order valence-corrected chi connectivity index (χ2v) is 7.20. The Hall–Kier alpha value is -3.87. The van der Waals surface area contributed by atoms with Gasteiger partial charge in [0.15, 0.2) is 11.5 Å². The van der Waals surface area contributed by atoms with Gasteiger partial charge in [-0.25, -0.2) is 0 Å². The number of pyridine rings is 1. The average molecular weight is 418 g/mol. The van der Waals surface area contributed by atoms with Crippen LogP contribution in [0.3, 0.4) is 0 Å². The molecule has 7 nitrogen and oxygen atoms in total. The molecule has 0 radical (unpaired) electrons. The Morgan fingerprint density at radius 2 is 1.97 bits per heavy atom. The van der Waals surface area contributed by atoms with Crippen LogP contribution in [0.15, 0.2) is 76.7 Å². The maximum Gasteiger partial charge on any atom is 0.290 e. The number of furan rings is 1. The molecule has 0 bridgehead atoms. The number of Topliss-reactive ketones (excluding diaryl/α,β-unsaturated/α-hetero) is 1. The summed E-state index contributed by atoms with van der Waals surface area (Å²) in [5, 5.41) is 10.7. The number of aryl methyl sites for hydroxylation is 1. The number of ketones is 1. The number of amides is 1. The molecule has 1 aliphatic rings. The first kappa shape index (κ1) is 20.4. The molecule has 7 heteroatoms. The van der Waals surface area contributed by atoms with Crippen molar-refractivity contribution in [2.24, 2.45) is 0 Å². The summed E-state index contributed by atoms with van der Waals surface area (Å²) in [6.45, 7) is 4.32. The Balaban J connectivity index is 1.77. The molecule has 0 saturated heterocycles. The fourth-order valence-corrected chi connectivity index (χ4v) is 3.69. The van der Waals surface area contributed by atoms with E-state index >= 15 is 0 Å². The molecule has 2 aromatic heterocycles. The number of hydrogen-bond acceptors (Lipinski definition) is 6. The van der Waals surface area contributed by atoms with Crippen LogP contribution < -0.4 is 4.74 Å². The highest BCUT2D eigenvalue weighted by molar-refractivity contribution is 6.15. The van der Waals surface area contributed by atoms with E-state index in [-0.39, 0.29) is 17.9 Å². The first-order valence-corrected chi connectivity index (χ1v) is 9.96. The Labute approximate surface area is 179 Å². The molecule has 1 amide bonds. The van der Waals surface area contributed by atoms with Gasteiger partial charge in [-0.1, -0.05) is 18.2 Å². The molecular weight excluding hydrogens is 396 g/mol. The quantitative estimate of drug-likeness (QED) is 0.579. The zero-order chi connectivity index (χ0) is 22.0. The van der Waals surface area contributed by atoms with Crippen molar-refractivity contribution in [2.75, 3.05) is 6.61 Å². The third kappa shape index (κ3) is 3.94. The van der Waals surface area contributed by atoms with Crippen LogP contribution in [0.4, 0.5) is 0 Å². The zero-order valence-electron chi connectivity index (χ0n) is 17.2. The number of benzene rings is 1. The minimum Gasteiger partial charge on any atom is -0.503 e. The predicted octanol–water partition coefficient (Wildman–Crippen LogP) is 4.16. The largest absolute Gasteiger partial charge is 0.503 e. The van der Waals surface area contributed by atoms with Crippen LogP contribution in [0.1, 0.15) is 40.4 Å². The molecule has 0 fully saturated rings. The molecule has 31 heavy (non-hydrogen) atoms. The van der Waals surface area contributed by atoms with Crippen LogP contribution in [-0.4, -0.2) is 33.3 Å². The molecule has 0 unspecified atom stereocenters. The summed E-state index contributed by atoms with van der Waals surface area (Å²) in [5.41, 5.74) is 1.45. The van der Waals surface area contributed by atoms with Crippen LogP contribution in [0, 0.1) is 6.92 Å². The topological polar surface area (TPSA) is 92.9 Å². The maximum atomic E-state index is 13.2. The number of rotatable bonds is 7. The lowest BCUT2D eigenvalue weighted by molar-refractivity contribution is -0.130. The summed E-state index contributed by atoms with van der Waals surface area (Å²) in [7, 11) is 0. The van der Waals surface area contributed by atoms with Gasteiger partial charge in [-0.15, -0.1) is 0 Å². The molecule has 1 N–H and O–H groups in total. The lowest BCUT2D eigenvalue weighted by Gasteiger charge is -2.26. The fourth-order valence-electron chi connectivity index (χ4n) is 3.69. The van der Waals surface area contributed by atoms with Crippen LogP contribution in [-0.2, 0) is 11.3 Å². The van der Waals surface area contributed by atoms with Gasteiger partial charge < -0.3 is 19.2 Å². The molecule has 0 saturated carbocycles. The van der Waals surface area contributed by atoms with E-state index in [2.05, 4.69) is 4.98 Å². The summed E-state index contributed by atoms with van der Waals surface area (Å²) in [5.74, 6) is -0.386. The number of hydrogen-bond donors (Lipinski definition) is 1. The Morgan fingerprint density at radius 1 is 1.19 bits per heavy atom. The number of nitrogens with zero attached hydrogens (tertiary/aromatic N) is 2. The second kappa shape index (κ2) is 8.47. The van der Waals surface area contributed by atoms with Crippen LogP contribution in [0.5, 0.6) is 5.75 Å². The van der Waals surface area contributed by atoms with Gasteiger partial charge in [0.1, 0.15) is 11.5 Å². The highest BCUT2D eigenvalue weighted by Gasteiger charge is 2.44. The summed E-state index contributed by atoms with van der Waals surface area (Å²) >= 11 is 0. The molecule has 1 atom stereocenters. The predicted molar refractivity (Wildman–Crippen MR) is 113 cm³/mol. The van der Waals surface area contributed by atoms with Gasteiger partial charge >= 0.3 is 0 Å². The van der Waals surface area contributed by atoms with Crippen LogP contribution >= 0.6 is 0 Å². The third-order valence-electron chi connectivity index (χ3n) is 5.09. The molecule has 0 spiro atoms. The van der Waals surface area contributed by atoms with Gasteiger partial charge in [0.25, 0.3) is 5.91 Å². The number of ether oxygens (including phenoxy) is 1. The molecule has 0 aliphatic carbocycles. The fraction of sp³-hybridized carbons (Fsp3) is 0.208. The monoisotopic (exact) mass is 418 g/mol. The van der Waals surface area contributed by atoms with E-state index in [9.17, 15) is 14.7 Å². The van der Waals surface area contributed by atoms with Crippen molar-refractivity contribution in [1.29, 1.82) is 0 Å². The molecule has 3 aromatic rings. The number of aromatic nitrogens is 1. The average Bonchev–Trinajstić information content (AvgIpc) is 3.32. The second-order valence-electron chi connectivity index (χ2n) is 7.20. The minimum atomic E-state index is -0.777. The molecule has 4 rings (SSSR count). The van der Waals surface area contributed by atoms with Crippen molar-refractivity contribution >= 4 is 11.7 Å². The highest BCUT2D eigenvalue weighted by Crippen LogP contribution is 2.40. The maximum absolute atomic E-state index is 13.2. The lowest BCUT2D eigenvalue weighted by atomic mass is 9.95. The third-order valence-corrected chi connectivity index (χ3v) is 5.09. The van der Waals surface area contributed by atoms with Gasteiger partial charge in [-0.3, -0.25) is 14.6 Å². The molecule has 1 aliphatic heterocycles. The molecule has 158 valence electrons. The zero-order valence-corrected chi connectivity index (χ0v) is 17.2. The molecule has 1 aromatic carbocycles. The van der Waals surface area contributed by atoms with Gasteiger partial charge in [0.05, 0.1) is 18.2 Å². The van der Waals surface area contributed by atoms with Crippen LogP contribution in [0.2, 0.25) is 0 Å². The number of aliphatic hydroxyl groups excluding tert-OH is 1. The summed E-state index contributed by atoms with van der Waals surface area (Å²) in [6, 6.07) is 13.2. The summed E-state index contributed by atoms with van der Waals surface area (Å²) < 4.78 is 11.0. The van der Waals surface area contributed by atoms with E-state index in [0.717, 1.165) is 5.56 Å². The van der Waals surface area contributed by atoms with E-state index in [4.69, 9.17) is 9.15 Å². The molecule has 3 heterocycles. The summed E-state index contributed by atoms with van der Waals surface area (Å²) in [6.07, 6.45) is 3.29. The standard InChI is InChI=1S/C24H22N2O5/c1-3-30-18-9-7-17(8-10-18)21-20(22(27)19-11-6-15(2)31-19)23(28)24(29)26(21)14-16-5-4-12-25-13-16/h4-13,21,28H,3,14H2,1-2H3/t21-/m1/s1. The minimum absolute atomic E-state index is 0.00704. The number of aliphatic hydroxyl groups is 1. The first-order chi connectivity index (χ1) is 15.0.